The highest BCUT2D eigenvalue weighted by Crippen LogP contribution is 2.27. The van der Waals surface area contributed by atoms with Gasteiger partial charge >= 0.3 is 5.97 Å². The van der Waals surface area contributed by atoms with Gasteiger partial charge in [-0.3, -0.25) is 14.4 Å². The lowest BCUT2D eigenvalue weighted by atomic mass is 10.1. The molecule has 7 heteroatoms. The quantitative estimate of drug-likeness (QED) is 0.689. The van der Waals surface area contributed by atoms with Gasteiger partial charge in [0.25, 0.3) is 5.91 Å². The average Bonchev–Trinajstić information content (AvgIpc) is 3.06. The summed E-state index contributed by atoms with van der Waals surface area (Å²) in [5.41, 5.74) is 4.50. The number of ether oxygens (including phenoxy) is 1. The number of carbonyl (C=O) groups is 3. The molecule has 0 aromatic heterocycles. The number of rotatable bonds is 5. The summed E-state index contributed by atoms with van der Waals surface area (Å²) >= 11 is 3.48. The van der Waals surface area contributed by atoms with Crippen LogP contribution in [0.2, 0.25) is 0 Å². The molecule has 152 valence electrons. The monoisotopic (exact) mass is 458 g/mol. The molecule has 0 saturated carbocycles. The van der Waals surface area contributed by atoms with Gasteiger partial charge in [0.15, 0.2) is 6.61 Å². The molecule has 6 nitrogen and oxygen atoms in total. The van der Waals surface area contributed by atoms with Crippen LogP contribution in [-0.2, 0) is 19.1 Å². The molecule has 2 aromatic rings. The summed E-state index contributed by atoms with van der Waals surface area (Å²) < 4.78 is 6.15. The first kappa shape index (κ1) is 21.0. The summed E-state index contributed by atoms with van der Waals surface area (Å²) in [5.74, 6) is -1.65. The maximum Gasteiger partial charge on any atom is 0.311 e. The Labute approximate surface area is 178 Å². The zero-order valence-electron chi connectivity index (χ0n) is 16.6. The minimum absolute atomic E-state index is 0.0828. The minimum Gasteiger partial charge on any atom is -0.455 e. The molecule has 0 aliphatic carbocycles. The van der Waals surface area contributed by atoms with Gasteiger partial charge in [-0.2, -0.15) is 0 Å². The van der Waals surface area contributed by atoms with E-state index in [2.05, 4.69) is 21.2 Å². The van der Waals surface area contributed by atoms with Crippen LogP contribution >= 0.6 is 15.9 Å². The van der Waals surface area contributed by atoms with Crippen LogP contribution in [0.3, 0.4) is 0 Å². The molecule has 1 heterocycles. The fourth-order valence-corrected chi connectivity index (χ4v) is 3.54. The fraction of sp³-hybridized carbons (Fsp3) is 0.318. The highest BCUT2D eigenvalue weighted by Gasteiger charge is 2.36. The zero-order valence-corrected chi connectivity index (χ0v) is 18.2. The second kappa shape index (κ2) is 8.78. The van der Waals surface area contributed by atoms with Crippen molar-refractivity contribution >= 4 is 45.1 Å². The average molecular weight is 459 g/mol. The molecule has 0 bridgehead atoms. The lowest BCUT2D eigenvalue weighted by molar-refractivity contribution is -0.151. The summed E-state index contributed by atoms with van der Waals surface area (Å²) in [6.45, 7) is 5.71. The molecule has 1 saturated heterocycles. The second-order valence-corrected chi connectivity index (χ2v) is 8.11. The number of anilines is 2. The maximum atomic E-state index is 12.3. The van der Waals surface area contributed by atoms with Gasteiger partial charge in [-0.15, -0.1) is 0 Å². The van der Waals surface area contributed by atoms with Gasteiger partial charge in [0, 0.05) is 28.8 Å². The molecule has 2 aromatic carbocycles. The number of hydrogen-bond donors (Lipinski definition) is 1. The topological polar surface area (TPSA) is 75.7 Å². The van der Waals surface area contributed by atoms with E-state index in [0.717, 1.165) is 26.9 Å². The van der Waals surface area contributed by atoms with Crippen molar-refractivity contribution in [2.75, 3.05) is 23.4 Å². The first-order valence-corrected chi connectivity index (χ1v) is 10.1. The van der Waals surface area contributed by atoms with Crippen LogP contribution < -0.4 is 10.2 Å². The van der Waals surface area contributed by atoms with Crippen LogP contribution in [0.1, 0.15) is 23.1 Å². The standard InChI is InChI=1S/C22H23BrN2O4/c1-13-4-6-18(7-5-13)25-11-16(10-20(25)27)22(28)29-12-19(26)24-17-8-14(2)21(23)15(3)9-17/h4-9,16H,10-12H2,1-3H3,(H,24,26)/t16-/m1/s1. The summed E-state index contributed by atoms with van der Waals surface area (Å²) in [5, 5.41) is 2.73. The minimum atomic E-state index is -0.575. The molecule has 1 aliphatic heterocycles. The van der Waals surface area contributed by atoms with Crippen molar-refractivity contribution in [1.82, 2.24) is 0 Å². The smallest absolute Gasteiger partial charge is 0.311 e. The van der Waals surface area contributed by atoms with E-state index in [0.29, 0.717) is 5.69 Å². The summed E-state index contributed by atoms with van der Waals surface area (Å²) in [6.07, 6.45) is 0.0828. The summed E-state index contributed by atoms with van der Waals surface area (Å²) in [6, 6.07) is 11.2. The normalized spacial score (nSPS) is 16.1. The van der Waals surface area contributed by atoms with Crippen LogP contribution in [0, 0.1) is 26.7 Å². The van der Waals surface area contributed by atoms with E-state index in [9.17, 15) is 14.4 Å². The number of nitrogens with one attached hydrogen (secondary N) is 1. The molecular formula is C22H23BrN2O4. The summed E-state index contributed by atoms with van der Waals surface area (Å²) in [7, 11) is 0. The lowest BCUT2D eigenvalue weighted by Gasteiger charge is -2.16. The number of hydrogen-bond acceptors (Lipinski definition) is 4. The van der Waals surface area contributed by atoms with E-state index in [4.69, 9.17) is 4.74 Å². The van der Waals surface area contributed by atoms with E-state index in [-0.39, 0.29) is 25.5 Å². The molecule has 0 unspecified atom stereocenters. The molecule has 1 N–H and O–H groups in total. The van der Waals surface area contributed by atoms with Crippen molar-refractivity contribution < 1.29 is 19.1 Å². The van der Waals surface area contributed by atoms with Gasteiger partial charge in [-0.05, 0) is 56.2 Å². The van der Waals surface area contributed by atoms with Crippen molar-refractivity contribution in [1.29, 1.82) is 0 Å². The lowest BCUT2D eigenvalue weighted by Crippen LogP contribution is -2.28. The molecule has 29 heavy (non-hydrogen) atoms. The number of carbonyl (C=O) groups excluding carboxylic acids is 3. The maximum absolute atomic E-state index is 12.3. The largest absolute Gasteiger partial charge is 0.455 e. The summed E-state index contributed by atoms with van der Waals surface area (Å²) in [4.78, 5) is 38.4. The van der Waals surface area contributed by atoms with Crippen molar-refractivity contribution in [3.8, 4) is 0 Å². The number of esters is 1. The van der Waals surface area contributed by atoms with E-state index in [1.807, 2.05) is 57.2 Å². The van der Waals surface area contributed by atoms with Crippen LogP contribution in [0.15, 0.2) is 40.9 Å². The first-order chi connectivity index (χ1) is 13.7. The van der Waals surface area contributed by atoms with Gasteiger partial charge in [0.2, 0.25) is 5.91 Å². The third-order valence-corrected chi connectivity index (χ3v) is 6.12. The first-order valence-electron chi connectivity index (χ1n) is 9.35. The van der Waals surface area contributed by atoms with Crippen LogP contribution in [0.5, 0.6) is 0 Å². The van der Waals surface area contributed by atoms with E-state index >= 15 is 0 Å². The van der Waals surface area contributed by atoms with Crippen LogP contribution in [0.4, 0.5) is 11.4 Å². The molecule has 0 spiro atoms. The third kappa shape index (κ3) is 5.03. The number of nitrogens with zero attached hydrogens (tertiary/aromatic N) is 1. The number of benzene rings is 2. The van der Waals surface area contributed by atoms with Gasteiger partial charge in [-0.1, -0.05) is 33.6 Å². The molecular weight excluding hydrogens is 436 g/mol. The number of amides is 2. The third-order valence-electron chi connectivity index (χ3n) is 4.87. The van der Waals surface area contributed by atoms with Crippen molar-refractivity contribution in [3.63, 3.8) is 0 Å². The molecule has 1 aliphatic rings. The predicted octanol–water partition coefficient (Wildman–Crippen LogP) is 3.91. The van der Waals surface area contributed by atoms with Crippen LogP contribution in [0.25, 0.3) is 0 Å². The molecule has 0 radical (unpaired) electrons. The SMILES string of the molecule is Cc1ccc(N2C[C@H](C(=O)OCC(=O)Nc3cc(C)c(Br)c(C)c3)CC2=O)cc1. The molecule has 2 amide bonds. The second-order valence-electron chi connectivity index (χ2n) is 7.32. The van der Waals surface area contributed by atoms with Gasteiger partial charge in [0.05, 0.1) is 5.92 Å². The van der Waals surface area contributed by atoms with E-state index in [1.165, 1.54) is 0 Å². The molecule has 3 rings (SSSR count). The Hall–Kier alpha value is -2.67. The Morgan fingerprint density at radius 1 is 1.14 bits per heavy atom. The van der Waals surface area contributed by atoms with Gasteiger partial charge < -0.3 is 15.0 Å². The van der Waals surface area contributed by atoms with Gasteiger partial charge in [0.1, 0.15) is 0 Å². The van der Waals surface area contributed by atoms with E-state index in [1.54, 1.807) is 4.90 Å². The van der Waals surface area contributed by atoms with Crippen molar-refractivity contribution in [3.05, 3.63) is 57.6 Å². The molecule has 1 fully saturated rings. The van der Waals surface area contributed by atoms with Crippen molar-refractivity contribution in [2.24, 2.45) is 5.92 Å². The zero-order chi connectivity index (χ0) is 21.1. The highest BCUT2D eigenvalue weighted by molar-refractivity contribution is 9.10. The van der Waals surface area contributed by atoms with Crippen molar-refractivity contribution in [2.45, 2.75) is 27.2 Å². The Morgan fingerprint density at radius 3 is 2.38 bits per heavy atom. The number of aryl methyl sites for hydroxylation is 3. The number of halogens is 1. The Balaban J connectivity index is 1.53. The predicted molar refractivity (Wildman–Crippen MR) is 115 cm³/mol. The Bertz CT molecular complexity index is 933. The van der Waals surface area contributed by atoms with Gasteiger partial charge in [-0.25, -0.2) is 0 Å². The highest BCUT2D eigenvalue weighted by atomic mass is 79.9. The Kier molecular flexibility index (Phi) is 6.37. The fourth-order valence-electron chi connectivity index (χ4n) is 3.31. The molecule has 1 atom stereocenters. The van der Waals surface area contributed by atoms with E-state index < -0.39 is 17.8 Å². The Morgan fingerprint density at radius 2 is 1.76 bits per heavy atom. The van der Waals surface area contributed by atoms with Crippen LogP contribution in [-0.4, -0.2) is 30.9 Å².